The van der Waals surface area contributed by atoms with Gasteiger partial charge in [-0.05, 0) is 31.6 Å². The predicted octanol–water partition coefficient (Wildman–Crippen LogP) is 2.80. The van der Waals surface area contributed by atoms with Gasteiger partial charge in [-0.3, -0.25) is 5.10 Å². The molecular formula is C15H24N6. The van der Waals surface area contributed by atoms with Gasteiger partial charge in [0.05, 0.1) is 11.6 Å². The minimum Gasteiger partial charge on any atom is -0.356 e. The van der Waals surface area contributed by atoms with E-state index in [1.54, 1.807) is 0 Å². The summed E-state index contributed by atoms with van der Waals surface area (Å²) in [7, 11) is 0. The Labute approximate surface area is 125 Å². The molecule has 1 fully saturated rings. The second-order valence-corrected chi connectivity index (χ2v) is 5.95. The fourth-order valence-corrected chi connectivity index (χ4v) is 2.85. The molecule has 0 spiro atoms. The molecule has 6 nitrogen and oxygen atoms in total. The van der Waals surface area contributed by atoms with Crippen LogP contribution in [0.4, 0.5) is 11.8 Å². The van der Waals surface area contributed by atoms with Crippen molar-refractivity contribution in [1.82, 2.24) is 20.2 Å². The van der Waals surface area contributed by atoms with Crippen LogP contribution in [0.15, 0.2) is 6.20 Å². The Morgan fingerprint density at radius 2 is 2.24 bits per heavy atom. The van der Waals surface area contributed by atoms with Gasteiger partial charge in [0, 0.05) is 19.6 Å². The molecule has 1 aliphatic heterocycles. The van der Waals surface area contributed by atoms with E-state index in [9.17, 15) is 0 Å². The van der Waals surface area contributed by atoms with Crippen molar-refractivity contribution in [3.63, 3.8) is 0 Å². The van der Waals surface area contributed by atoms with Crippen molar-refractivity contribution in [3.05, 3.63) is 6.20 Å². The maximum atomic E-state index is 4.74. The lowest BCUT2D eigenvalue weighted by atomic mass is 10.0. The molecule has 2 N–H and O–H groups in total. The standard InChI is InChI=1S/C15H24N6/c1-3-7-16-15-18-13-12(10-17-20-13)14(19-15)21-8-4-5-11(2)6-9-21/h10-11H,3-9H2,1-2H3,(H2,16,17,18,19,20). The van der Waals surface area contributed by atoms with Crippen LogP contribution >= 0.6 is 0 Å². The summed E-state index contributed by atoms with van der Waals surface area (Å²) in [4.78, 5) is 11.6. The van der Waals surface area contributed by atoms with Crippen LogP contribution in [0.3, 0.4) is 0 Å². The molecule has 2 aromatic heterocycles. The van der Waals surface area contributed by atoms with Gasteiger partial charge in [-0.15, -0.1) is 0 Å². The zero-order valence-electron chi connectivity index (χ0n) is 12.9. The summed E-state index contributed by atoms with van der Waals surface area (Å²) >= 11 is 0. The molecule has 0 aromatic carbocycles. The van der Waals surface area contributed by atoms with E-state index in [2.05, 4.69) is 39.2 Å². The molecule has 3 rings (SSSR count). The monoisotopic (exact) mass is 288 g/mol. The largest absolute Gasteiger partial charge is 0.356 e. The number of H-pyrrole nitrogens is 1. The number of nitrogens with one attached hydrogen (secondary N) is 2. The molecule has 0 radical (unpaired) electrons. The average Bonchev–Trinajstić information content (AvgIpc) is 2.86. The molecule has 0 saturated carbocycles. The molecule has 21 heavy (non-hydrogen) atoms. The highest BCUT2D eigenvalue weighted by atomic mass is 15.3. The number of hydrogen-bond donors (Lipinski definition) is 2. The van der Waals surface area contributed by atoms with Crippen molar-refractivity contribution in [1.29, 1.82) is 0 Å². The molecule has 114 valence electrons. The molecule has 1 aliphatic rings. The SMILES string of the molecule is CCCNc1nc(N2CCCC(C)CC2)c2cn[nH]c2n1. The Bertz CT molecular complexity index is 593. The van der Waals surface area contributed by atoms with Gasteiger partial charge in [-0.2, -0.15) is 15.1 Å². The van der Waals surface area contributed by atoms with Crippen LogP contribution in [0.2, 0.25) is 0 Å². The topological polar surface area (TPSA) is 69.7 Å². The van der Waals surface area contributed by atoms with Gasteiger partial charge >= 0.3 is 0 Å². The Kier molecular flexibility index (Phi) is 4.22. The number of hydrogen-bond acceptors (Lipinski definition) is 5. The molecule has 3 heterocycles. The number of fused-ring (bicyclic) bond motifs is 1. The molecule has 1 unspecified atom stereocenters. The van der Waals surface area contributed by atoms with Gasteiger partial charge in [-0.1, -0.05) is 13.8 Å². The van der Waals surface area contributed by atoms with Crippen molar-refractivity contribution in [3.8, 4) is 0 Å². The molecule has 1 atom stereocenters. The number of rotatable bonds is 4. The average molecular weight is 288 g/mol. The van der Waals surface area contributed by atoms with Crippen LogP contribution in [-0.4, -0.2) is 39.8 Å². The van der Waals surface area contributed by atoms with E-state index in [4.69, 9.17) is 4.98 Å². The predicted molar refractivity (Wildman–Crippen MR) is 85.7 cm³/mol. The fraction of sp³-hybridized carbons (Fsp3) is 0.667. The maximum absolute atomic E-state index is 4.74. The van der Waals surface area contributed by atoms with Gasteiger partial charge in [0.15, 0.2) is 5.65 Å². The summed E-state index contributed by atoms with van der Waals surface area (Å²) in [5, 5.41) is 11.4. The lowest BCUT2D eigenvalue weighted by Crippen LogP contribution is -2.26. The third kappa shape index (κ3) is 3.09. The highest BCUT2D eigenvalue weighted by molar-refractivity contribution is 5.87. The Balaban J connectivity index is 1.93. The minimum atomic E-state index is 0.695. The number of anilines is 2. The molecule has 0 aliphatic carbocycles. The number of aromatic nitrogens is 4. The first-order chi connectivity index (χ1) is 10.3. The first kappa shape index (κ1) is 14.1. The van der Waals surface area contributed by atoms with Crippen molar-refractivity contribution in [2.24, 2.45) is 5.92 Å². The van der Waals surface area contributed by atoms with E-state index in [1.807, 2.05) is 6.20 Å². The van der Waals surface area contributed by atoms with Crippen LogP contribution in [0.25, 0.3) is 11.0 Å². The molecular weight excluding hydrogens is 264 g/mol. The second kappa shape index (κ2) is 6.28. The van der Waals surface area contributed by atoms with Gasteiger partial charge in [-0.25, -0.2) is 0 Å². The van der Waals surface area contributed by atoms with Crippen LogP contribution in [-0.2, 0) is 0 Å². The van der Waals surface area contributed by atoms with Crippen molar-refractivity contribution >= 4 is 22.8 Å². The van der Waals surface area contributed by atoms with Gasteiger partial charge in [0.25, 0.3) is 0 Å². The van der Waals surface area contributed by atoms with Crippen molar-refractivity contribution < 1.29 is 0 Å². The summed E-state index contributed by atoms with van der Waals surface area (Å²) in [5.41, 5.74) is 0.816. The fourth-order valence-electron chi connectivity index (χ4n) is 2.85. The first-order valence-corrected chi connectivity index (χ1v) is 7.98. The Morgan fingerprint density at radius 3 is 3.10 bits per heavy atom. The summed E-state index contributed by atoms with van der Waals surface area (Å²) in [5.74, 6) is 2.51. The summed E-state index contributed by atoms with van der Waals surface area (Å²) in [6.07, 6.45) is 6.64. The summed E-state index contributed by atoms with van der Waals surface area (Å²) in [6.45, 7) is 7.49. The summed E-state index contributed by atoms with van der Waals surface area (Å²) in [6, 6.07) is 0. The minimum absolute atomic E-state index is 0.695. The molecule has 0 amide bonds. The van der Waals surface area contributed by atoms with Gasteiger partial charge in [0.2, 0.25) is 5.95 Å². The van der Waals surface area contributed by atoms with Gasteiger partial charge < -0.3 is 10.2 Å². The lowest BCUT2D eigenvalue weighted by Gasteiger charge is -2.22. The Hall–Kier alpha value is -1.85. The first-order valence-electron chi connectivity index (χ1n) is 7.98. The van der Waals surface area contributed by atoms with Crippen LogP contribution in [0.5, 0.6) is 0 Å². The number of aromatic amines is 1. The van der Waals surface area contributed by atoms with Crippen molar-refractivity contribution in [2.45, 2.75) is 39.5 Å². The molecule has 1 saturated heterocycles. The zero-order chi connectivity index (χ0) is 14.7. The second-order valence-electron chi connectivity index (χ2n) is 5.95. The Morgan fingerprint density at radius 1 is 1.33 bits per heavy atom. The third-order valence-corrected chi connectivity index (χ3v) is 4.14. The lowest BCUT2D eigenvalue weighted by molar-refractivity contribution is 0.521. The smallest absolute Gasteiger partial charge is 0.226 e. The van der Waals surface area contributed by atoms with E-state index >= 15 is 0 Å². The number of nitrogens with zero attached hydrogens (tertiary/aromatic N) is 4. The highest BCUT2D eigenvalue weighted by Crippen LogP contribution is 2.27. The molecule has 6 heteroatoms. The van der Waals surface area contributed by atoms with E-state index in [0.29, 0.717) is 5.95 Å². The maximum Gasteiger partial charge on any atom is 0.226 e. The van der Waals surface area contributed by atoms with E-state index in [1.165, 1.54) is 19.3 Å². The van der Waals surface area contributed by atoms with Crippen LogP contribution < -0.4 is 10.2 Å². The zero-order valence-corrected chi connectivity index (χ0v) is 12.9. The quantitative estimate of drug-likeness (QED) is 0.905. The third-order valence-electron chi connectivity index (χ3n) is 4.14. The molecule has 2 aromatic rings. The van der Waals surface area contributed by atoms with Crippen molar-refractivity contribution in [2.75, 3.05) is 29.9 Å². The highest BCUT2D eigenvalue weighted by Gasteiger charge is 2.19. The summed E-state index contributed by atoms with van der Waals surface area (Å²) < 4.78 is 0. The van der Waals surface area contributed by atoms with Gasteiger partial charge in [0.1, 0.15) is 5.82 Å². The normalized spacial score (nSPS) is 19.7. The van der Waals surface area contributed by atoms with E-state index in [-0.39, 0.29) is 0 Å². The molecule has 0 bridgehead atoms. The van der Waals surface area contributed by atoms with E-state index < -0.39 is 0 Å². The van der Waals surface area contributed by atoms with E-state index in [0.717, 1.165) is 48.8 Å². The van der Waals surface area contributed by atoms with Crippen LogP contribution in [0, 0.1) is 5.92 Å². The van der Waals surface area contributed by atoms with Crippen LogP contribution in [0.1, 0.15) is 39.5 Å².